The van der Waals surface area contributed by atoms with Crippen molar-refractivity contribution in [3.8, 4) is 0 Å². The highest BCUT2D eigenvalue weighted by Crippen LogP contribution is 2.21. The quantitative estimate of drug-likeness (QED) is 0.311. The number of ether oxygens (including phenoxy) is 1. The van der Waals surface area contributed by atoms with Crippen LogP contribution in [0.4, 0.5) is 0 Å². The SMILES string of the molecule is CCCSCc1cc(=O)[nH]c(SC(C)C(=O)OCc2ccccc2)n1. The zero-order chi connectivity index (χ0) is 18.1. The first-order chi connectivity index (χ1) is 12.1. The summed E-state index contributed by atoms with van der Waals surface area (Å²) >= 11 is 2.94. The van der Waals surface area contributed by atoms with Crippen LogP contribution in [0.5, 0.6) is 0 Å². The molecule has 0 aliphatic heterocycles. The summed E-state index contributed by atoms with van der Waals surface area (Å²) in [4.78, 5) is 31.0. The molecule has 0 spiro atoms. The molecule has 1 N–H and O–H groups in total. The second-order valence-corrected chi connectivity index (χ2v) is 7.88. The van der Waals surface area contributed by atoms with Crippen molar-refractivity contribution in [1.82, 2.24) is 9.97 Å². The summed E-state index contributed by atoms with van der Waals surface area (Å²) in [6.45, 7) is 4.10. The molecule has 134 valence electrons. The normalized spacial score (nSPS) is 11.9. The van der Waals surface area contributed by atoms with Crippen molar-refractivity contribution < 1.29 is 9.53 Å². The number of benzene rings is 1. The highest BCUT2D eigenvalue weighted by Gasteiger charge is 2.18. The van der Waals surface area contributed by atoms with Gasteiger partial charge in [-0.25, -0.2) is 4.98 Å². The van der Waals surface area contributed by atoms with Gasteiger partial charge in [-0.3, -0.25) is 9.59 Å². The number of carbonyl (C=O) groups excluding carboxylic acids is 1. The van der Waals surface area contributed by atoms with Gasteiger partial charge < -0.3 is 9.72 Å². The van der Waals surface area contributed by atoms with Gasteiger partial charge in [-0.1, -0.05) is 49.0 Å². The first-order valence-electron chi connectivity index (χ1n) is 8.13. The lowest BCUT2D eigenvalue weighted by atomic mass is 10.2. The standard InChI is InChI=1S/C18H22N2O3S2/c1-3-9-24-12-15-10-16(21)20-18(19-15)25-13(2)17(22)23-11-14-7-5-4-6-8-14/h4-8,10,13H,3,9,11-12H2,1-2H3,(H,19,20,21). The number of nitrogens with one attached hydrogen (secondary N) is 1. The third-order valence-corrected chi connectivity index (χ3v) is 5.38. The fourth-order valence-electron chi connectivity index (χ4n) is 2.00. The fourth-order valence-corrected chi connectivity index (χ4v) is 3.61. The number of esters is 1. The molecule has 0 aliphatic carbocycles. The molecular weight excluding hydrogens is 356 g/mol. The number of H-pyrrole nitrogens is 1. The zero-order valence-corrected chi connectivity index (χ0v) is 16.0. The average molecular weight is 379 g/mol. The maximum absolute atomic E-state index is 12.1. The van der Waals surface area contributed by atoms with Gasteiger partial charge in [-0.2, -0.15) is 11.8 Å². The Balaban J connectivity index is 1.91. The van der Waals surface area contributed by atoms with E-state index in [2.05, 4.69) is 16.9 Å². The smallest absolute Gasteiger partial charge is 0.319 e. The van der Waals surface area contributed by atoms with Crippen LogP contribution in [-0.4, -0.2) is 26.9 Å². The summed E-state index contributed by atoms with van der Waals surface area (Å²) in [6, 6.07) is 11.0. The molecular formula is C18H22N2O3S2. The number of nitrogens with zero attached hydrogens (tertiary/aromatic N) is 1. The Kier molecular flexibility index (Phi) is 8.08. The van der Waals surface area contributed by atoms with E-state index in [-0.39, 0.29) is 18.1 Å². The maximum Gasteiger partial charge on any atom is 0.319 e. The molecule has 0 radical (unpaired) electrons. The second-order valence-electron chi connectivity index (χ2n) is 5.45. The van der Waals surface area contributed by atoms with Gasteiger partial charge in [-0.15, -0.1) is 0 Å². The van der Waals surface area contributed by atoms with Crippen molar-refractivity contribution in [2.75, 3.05) is 5.75 Å². The maximum atomic E-state index is 12.1. The van der Waals surface area contributed by atoms with Crippen molar-refractivity contribution in [3.05, 3.63) is 58.0 Å². The largest absolute Gasteiger partial charge is 0.460 e. The zero-order valence-electron chi connectivity index (χ0n) is 14.4. The molecule has 0 saturated heterocycles. The number of carbonyl (C=O) groups is 1. The number of hydrogen-bond donors (Lipinski definition) is 1. The van der Waals surface area contributed by atoms with Crippen LogP contribution in [0.3, 0.4) is 0 Å². The molecule has 0 saturated carbocycles. The van der Waals surface area contributed by atoms with Gasteiger partial charge in [0.2, 0.25) is 0 Å². The minimum absolute atomic E-state index is 0.200. The van der Waals surface area contributed by atoms with Crippen LogP contribution in [0.2, 0.25) is 0 Å². The van der Waals surface area contributed by atoms with Gasteiger partial charge >= 0.3 is 5.97 Å². The van der Waals surface area contributed by atoms with Gasteiger partial charge in [0.25, 0.3) is 5.56 Å². The molecule has 5 nitrogen and oxygen atoms in total. The van der Waals surface area contributed by atoms with Gasteiger partial charge in [0, 0.05) is 11.8 Å². The first-order valence-corrected chi connectivity index (χ1v) is 10.2. The highest BCUT2D eigenvalue weighted by molar-refractivity contribution is 8.00. The van der Waals surface area contributed by atoms with Crippen LogP contribution < -0.4 is 5.56 Å². The molecule has 1 aromatic heterocycles. The van der Waals surface area contributed by atoms with E-state index in [4.69, 9.17) is 4.74 Å². The molecule has 0 bridgehead atoms. The van der Waals surface area contributed by atoms with E-state index in [1.807, 2.05) is 30.3 Å². The van der Waals surface area contributed by atoms with Crippen molar-refractivity contribution in [1.29, 1.82) is 0 Å². The van der Waals surface area contributed by atoms with E-state index >= 15 is 0 Å². The van der Waals surface area contributed by atoms with E-state index in [1.54, 1.807) is 18.7 Å². The topological polar surface area (TPSA) is 72.0 Å². The molecule has 2 rings (SSSR count). The molecule has 0 fully saturated rings. The fraction of sp³-hybridized carbons (Fsp3) is 0.389. The predicted molar refractivity (Wildman–Crippen MR) is 103 cm³/mol. The minimum Gasteiger partial charge on any atom is -0.460 e. The molecule has 0 aliphatic rings. The third kappa shape index (κ3) is 6.96. The molecule has 1 aromatic carbocycles. The Bertz CT molecular complexity index is 735. The Morgan fingerprint density at radius 2 is 2.08 bits per heavy atom. The molecule has 1 unspecified atom stereocenters. The highest BCUT2D eigenvalue weighted by atomic mass is 32.2. The van der Waals surface area contributed by atoms with Crippen LogP contribution in [0.15, 0.2) is 46.3 Å². The van der Waals surface area contributed by atoms with Crippen molar-refractivity contribution in [3.63, 3.8) is 0 Å². The summed E-state index contributed by atoms with van der Waals surface area (Å²) in [7, 11) is 0. The minimum atomic E-state index is -0.453. The van der Waals surface area contributed by atoms with E-state index in [9.17, 15) is 9.59 Å². The number of aromatic amines is 1. The molecule has 25 heavy (non-hydrogen) atoms. The lowest BCUT2D eigenvalue weighted by molar-refractivity contribution is -0.143. The predicted octanol–water partition coefficient (Wildman–Crippen LogP) is 3.64. The molecule has 1 heterocycles. The third-order valence-electron chi connectivity index (χ3n) is 3.22. The molecule has 0 amide bonds. The molecule has 2 aromatic rings. The van der Waals surface area contributed by atoms with Crippen LogP contribution >= 0.6 is 23.5 Å². The summed E-state index contributed by atoms with van der Waals surface area (Å²) < 4.78 is 5.32. The van der Waals surface area contributed by atoms with Crippen LogP contribution in [-0.2, 0) is 21.9 Å². The van der Waals surface area contributed by atoms with Crippen LogP contribution in [0.1, 0.15) is 31.5 Å². The Hall–Kier alpha value is -1.73. The van der Waals surface area contributed by atoms with Crippen LogP contribution in [0.25, 0.3) is 0 Å². The first kappa shape index (κ1) is 19.6. The number of aromatic nitrogens is 2. The lowest BCUT2D eigenvalue weighted by Gasteiger charge is -2.11. The molecule has 7 heteroatoms. The number of rotatable bonds is 9. The van der Waals surface area contributed by atoms with Crippen molar-refractivity contribution >= 4 is 29.5 Å². The van der Waals surface area contributed by atoms with Crippen molar-refractivity contribution in [2.24, 2.45) is 0 Å². The second kappa shape index (κ2) is 10.3. The molecule has 1 atom stereocenters. The van der Waals surface area contributed by atoms with E-state index in [1.165, 1.54) is 17.8 Å². The summed E-state index contributed by atoms with van der Waals surface area (Å²) in [5, 5.41) is -0.00540. The average Bonchev–Trinajstić information content (AvgIpc) is 2.60. The Morgan fingerprint density at radius 1 is 1.32 bits per heavy atom. The van der Waals surface area contributed by atoms with Gasteiger partial charge in [0.05, 0.1) is 5.69 Å². The Morgan fingerprint density at radius 3 is 2.80 bits per heavy atom. The van der Waals surface area contributed by atoms with Gasteiger partial charge in [-0.05, 0) is 24.7 Å². The van der Waals surface area contributed by atoms with Crippen LogP contribution in [0, 0.1) is 0 Å². The summed E-state index contributed by atoms with van der Waals surface area (Å²) in [6.07, 6.45) is 1.08. The number of hydrogen-bond acceptors (Lipinski definition) is 6. The monoisotopic (exact) mass is 378 g/mol. The van der Waals surface area contributed by atoms with E-state index < -0.39 is 5.25 Å². The summed E-state index contributed by atoms with van der Waals surface area (Å²) in [5.41, 5.74) is 1.47. The lowest BCUT2D eigenvalue weighted by Crippen LogP contribution is -2.18. The van der Waals surface area contributed by atoms with Gasteiger partial charge in [0.15, 0.2) is 5.16 Å². The Labute approximate surface area is 156 Å². The van der Waals surface area contributed by atoms with Crippen molar-refractivity contribution in [2.45, 2.75) is 43.0 Å². The van der Waals surface area contributed by atoms with Gasteiger partial charge in [0.1, 0.15) is 11.9 Å². The summed E-state index contributed by atoms with van der Waals surface area (Å²) in [5.74, 6) is 1.39. The van der Waals surface area contributed by atoms with E-state index in [0.29, 0.717) is 10.9 Å². The number of thioether (sulfide) groups is 2. The van der Waals surface area contributed by atoms with E-state index in [0.717, 1.165) is 23.4 Å².